The van der Waals surface area contributed by atoms with Crippen molar-refractivity contribution in [1.29, 1.82) is 0 Å². The summed E-state index contributed by atoms with van der Waals surface area (Å²) in [4.78, 5) is 0. The molecule has 3 heteroatoms. The summed E-state index contributed by atoms with van der Waals surface area (Å²) in [5, 5.41) is 11.8. The third kappa shape index (κ3) is 7.88. The molecular weight excluding hydrogens is 118 g/mol. The van der Waals surface area contributed by atoms with Gasteiger partial charge in [-0.2, -0.15) is 0 Å². The molecule has 0 aromatic rings. The van der Waals surface area contributed by atoms with Gasteiger partial charge in [-0.05, 0) is 6.92 Å². The first-order valence-electron chi connectivity index (χ1n) is 3.15. The normalized spacial score (nSPS) is 13.7. The van der Waals surface area contributed by atoms with E-state index < -0.39 is 0 Å². The van der Waals surface area contributed by atoms with Crippen molar-refractivity contribution in [2.75, 3.05) is 26.8 Å². The van der Waals surface area contributed by atoms with Gasteiger partial charge in [0.05, 0.1) is 12.7 Å². The maximum Gasteiger partial charge on any atom is 0.0636 e. The Morgan fingerprint density at radius 3 is 2.78 bits per heavy atom. The van der Waals surface area contributed by atoms with E-state index in [4.69, 9.17) is 9.84 Å². The van der Waals surface area contributed by atoms with Gasteiger partial charge in [-0.15, -0.1) is 0 Å². The fourth-order valence-corrected chi connectivity index (χ4v) is 0.485. The van der Waals surface area contributed by atoms with E-state index in [1.807, 2.05) is 0 Å². The molecule has 0 fully saturated rings. The molecule has 0 rings (SSSR count). The summed E-state index contributed by atoms with van der Waals surface area (Å²) >= 11 is 0. The molecule has 0 saturated carbocycles. The first-order valence-corrected chi connectivity index (χ1v) is 3.15. The Hall–Kier alpha value is -0.120. The van der Waals surface area contributed by atoms with Gasteiger partial charge in [0.1, 0.15) is 0 Å². The molecule has 2 N–H and O–H groups in total. The number of aliphatic hydroxyl groups is 1. The molecule has 0 radical (unpaired) electrons. The second-order valence-electron chi connectivity index (χ2n) is 2.05. The van der Waals surface area contributed by atoms with E-state index in [2.05, 4.69) is 5.32 Å². The molecule has 0 aliphatic rings. The zero-order chi connectivity index (χ0) is 7.11. The molecule has 1 atom stereocenters. The van der Waals surface area contributed by atoms with Gasteiger partial charge in [0.15, 0.2) is 0 Å². The largest absolute Gasteiger partial charge is 0.392 e. The van der Waals surface area contributed by atoms with E-state index in [-0.39, 0.29) is 6.10 Å². The predicted octanol–water partition coefficient (Wildman–Crippen LogP) is -0.397. The standard InChI is InChI=1S/C6H15NO2/c1-6(8)5-7-3-4-9-2/h6-8H,3-5H2,1-2H3/t6-/m1/s1. The van der Waals surface area contributed by atoms with E-state index in [1.54, 1.807) is 14.0 Å². The molecule has 0 amide bonds. The lowest BCUT2D eigenvalue weighted by molar-refractivity contribution is 0.172. The second-order valence-corrected chi connectivity index (χ2v) is 2.05. The van der Waals surface area contributed by atoms with Gasteiger partial charge < -0.3 is 15.2 Å². The van der Waals surface area contributed by atoms with Crippen LogP contribution in [0.3, 0.4) is 0 Å². The number of aliphatic hydroxyl groups excluding tert-OH is 1. The van der Waals surface area contributed by atoms with Crippen LogP contribution >= 0.6 is 0 Å². The molecule has 9 heavy (non-hydrogen) atoms. The van der Waals surface area contributed by atoms with Gasteiger partial charge in [0.2, 0.25) is 0 Å². The van der Waals surface area contributed by atoms with Crippen LogP contribution in [0.1, 0.15) is 6.92 Å². The first-order chi connectivity index (χ1) is 4.27. The Kier molecular flexibility index (Phi) is 5.93. The number of methoxy groups -OCH3 is 1. The maximum absolute atomic E-state index is 8.75. The van der Waals surface area contributed by atoms with E-state index in [9.17, 15) is 0 Å². The summed E-state index contributed by atoms with van der Waals surface area (Å²) in [6.45, 7) is 3.90. The number of hydrogen-bond donors (Lipinski definition) is 2. The molecule has 0 aliphatic heterocycles. The van der Waals surface area contributed by atoms with Gasteiger partial charge in [-0.1, -0.05) is 0 Å². The Balaban J connectivity index is 2.75. The monoisotopic (exact) mass is 133 g/mol. The SMILES string of the molecule is COCCNC[C@@H](C)O. The quantitative estimate of drug-likeness (QED) is 0.501. The second kappa shape index (κ2) is 6.01. The van der Waals surface area contributed by atoms with Crippen molar-refractivity contribution in [2.45, 2.75) is 13.0 Å². The number of nitrogens with one attached hydrogen (secondary N) is 1. The minimum Gasteiger partial charge on any atom is -0.392 e. The van der Waals surface area contributed by atoms with Crippen LogP contribution in [0.15, 0.2) is 0 Å². The molecule has 0 aromatic carbocycles. The average Bonchev–Trinajstić information content (AvgIpc) is 1.80. The van der Waals surface area contributed by atoms with Crippen LogP contribution in [0.4, 0.5) is 0 Å². The summed E-state index contributed by atoms with van der Waals surface area (Å²) in [6, 6.07) is 0. The van der Waals surface area contributed by atoms with Crippen molar-refractivity contribution in [3.05, 3.63) is 0 Å². The molecule has 0 spiro atoms. The summed E-state index contributed by atoms with van der Waals surface area (Å²) < 4.78 is 4.78. The van der Waals surface area contributed by atoms with Crippen molar-refractivity contribution in [3.8, 4) is 0 Å². The maximum atomic E-state index is 8.75. The third-order valence-electron chi connectivity index (χ3n) is 0.923. The van der Waals surface area contributed by atoms with E-state index in [1.165, 1.54) is 0 Å². The summed E-state index contributed by atoms with van der Waals surface area (Å²) in [5.41, 5.74) is 0. The zero-order valence-corrected chi connectivity index (χ0v) is 6.05. The van der Waals surface area contributed by atoms with Crippen molar-refractivity contribution in [1.82, 2.24) is 5.32 Å². The van der Waals surface area contributed by atoms with Gasteiger partial charge in [0.25, 0.3) is 0 Å². The number of rotatable bonds is 5. The van der Waals surface area contributed by atoms with E-state index in [0.717, 1.165) is 6.54 Å². The van der Waals surface area contributed by atoms with E-state index in [0.29, 0.717) is 13.2 Å². The summed E-state index contributed by atoms with van der Waals surface area (Å²) in [7, 11) is 1.66. The number of hydrogen-bond acceptors (Lipinski definition) is 3. The van der Waals surface area contributed by atoms with Crippen LogP contribution in [0, 0.1) is 0 Å². The van der Waals surface area contributed by atoms with Gasteiger partial charge in [-0.3, -0.25) is 0 Å². The number of ether oxygens (including phenoxy) is 1. The summed E-state index contributed by atoms with van der Waals surface area (Å²) in [6.07, 6.45) is -0.262. The molecule has 3 nitrogen and oxygen atoms in total. The summed E-state index contributed by atoms with van der Waals surface area (Å²) in [5.74, 6) is 0. The first kappa shape index (κ1) is 8.88. The van der Waals surface area contributed by atoms with Crippen molar-refractivity contribution >= 4 is 0 Å². The van der Waals surface area contributed by atoms with Gasteiger partial charge in [-0.25, -0.2) is 0 Å². The molecular formula is C6H15NO2. The Morgan fingerprint density at radius 2 is 2.33 bits per heavy atom. The molecule has 56 valence electrons. The zero-order valence-electron chi connectivity index (χ0n) is 6.05. The predicted molar refractivity (Wildman–Crippen MR) is 36.4 cm³/mol. The molecule has 0 saturated heterocycles. The fourth-order valence-electron chi connectivity index (χ4n) is 0.485. The average molecular weight is 133 g/mol. The molecule has 0 aliphatic carbocycles. The van der Waals surface area contributed by atoms with Crippen molar-refractivity contribution < 1.29 is 9.84 Å². The highest BCUT2D eigenvalue weighted by molar-refractivity contribution is 4.50. The molecule has 0 aromatic heterocycles. The smallest absolute Gasteiger partial charge is 0.0636 e. The third-order valence-corrected chi connectivity index (χ3v) is 0.923. The van der Waals surface area contributed by atoms with Crippen LogP contribution in [-0.4, -0.2) is 38.0 Å². The van der Waals surface area contributed by atoms with Crippen molar-refractivity contribution in [3.63, 3.8) is 0 Å². The minimum absolute atomic E-state index is 0.262. The van der Waals surface area contributed by atoms with Gasteiger partial charge in [0, 0.05) is 20.2 Å². The van der Waals surface area contributed by atoms with Crippen molar-refractivity contribution in [2.24, 2.45) is 0 Å². The van der Waals surface area contributed by atoms with Gasteiger partial charge >= 0.3 is 0 Å². The highest BCUT2D eigenvalue weighted by Crippen LogP contribution is 1.73. The van der Waals surface area contributed by atoms with Crippen LogP contribution in [0.2, 0.25) is 0 Å². The lowest BCUT2D eigenvalue weighted by Crippen LogP contribution is -2.27. The van der Waals surface area contributed by atoms with Crippen LogP contribution < -0.4 is 5.32 Å². The highest BCUT2D eigenvalue weighted by Gasteiger charge is 1.91. The Bertz CT molecular complexity index is 57.0. The Morgan fingerprint density at radius 1 is 1.67 bits per heavy atom. The Labute approximate surface area is 56.0 Å². The minimum atomic E-state index is -0.262. The molecule has 0 heterocycles. The molecule has 0 unspecified atom stereocenters. The topological polar surface area (TPSA) is 41.5 Å². The highest BCUT2D eigenvalue weighted by atomic mass is 16.5. The fraction of sp³-hybridized carbons (Fsp3) is 1.00. The lowest BCUT2D eigenvalue weighted by atomic mass is 10.4. The van der Waals surface area contributed by atoms with Crippen LogP contribution in [-0.2, 0) is 4.74 Å². The molecule has 0 bridgehead atoms. The lowest BCUT2D eigenvalue weighted by Gasteiger charge is -2.04. The van der Waals surface area contributed by atoms with Crippen LogP contribution in [0.25, 0.3) is 0 Å². The van der Waals surface area contributed by atoms with Crippen LogP contribution in [0.5, 0.6) is 0 Å². The van der Waals surface area contributed by atoms with E-state index >= 15 is 0 Å².